The molecule has 1 atom stereocenters. The van der Waals surface area contributed by atoms with Crippen LogP contribution in [0.2, 0.25) is 10.0 Å². The Morgan fingerprint density at radius 3 is 2.55 bits per heavy atom. The summed E-state index contributed by atoms with van der Waals surface area (Å²) in [5, 5.41) is 11.5. The molecule has 0 spiro atoms. The van der Waals surface area contributed by atoms with Gasteiger partial charge in [-0.2, -0.15) is 5.10 Å². The molecule has 0 radical (unpaired) electrons. The average molecular weight is 332 g/mol. The number of likely N-dealkylation sites (N-methyl/N-ethyl adjacent to an activating group) is 1. The monoisotopic (exact) mass is 331 g/mol. The van der Waals surface area contributed by atoms with Crippen LogP contribution in [-0.2, 0) is 13.0 Å². The molecular weight excluding hydrogens is 313 g/mol. The lowest BCUT2D eigenvalue weighted by Crippen LogP contribution is -2.20. The summed E-state index contributed by atoms with van der Waals surface area (Å²) in [5.74, 6) is 0. The first-order valence-corrected chi connectivity index (χ1v) is 8.25. The molecule has 1 unspecified atom stereocenters. The van der Waals surface area contributed by atoms with E-state index in [9.17, 15) is 0 Å². The van der Waals surface area contributed by atoms with Gasteiger partial charge in [-0.15, -0.1) is 11.3 Å². The lowest BCUT2D eigenvalue weighted by atomic mass is 10.1. The number of thiophene rings is 1. The highest BCUT2D eigenvalue weighted by Gasteiger charge is 2.21. The average Bonchev–Trinajstić information content (AvgIpc) is 2.90. The standard InChI is InChI=1S/C14H19Cl2N3S/c1-5-19-11(13(16)9(3)18-19)6-10(17-4)14-12(15)8(2)7-20-14/h7,10,17H,5-6H2,1-4H3. The van der Waals surface area contributed by atoms with Gasteiger partial charge in [0, 0.05) is 23.9 Å². The third kappa shape index (κ3) is 2.89. The van der Waals surface area contributed by atoms with Crippen molar-refractivity contribution in [2.24, 2.45) is 0 Å². The highest BCUT2D eigenvalue weighted by molar-refractivity contribution is 7.10. The van der Waals surface area contributed by atoms with Crippen molar-refractivity contribution in [3.8, 4) is 0 Å². The summed E-state index contributed by atoms with van der Waals surface area (Å²) in [6.07, 6.45) is 0.781. The first-order valence-electron chi connectivity index (χ1n) is 6.62. The molecule has 20 heavy (non-hydrogen) atoms. The van der Waals surface area contributed by atoms with E-state index >= 15 is 0 Å². The number of nitrogens with one attached hydrogen (secondary N) is 1. The van der Waals surface area contributed by atoms with Crippen LogP contribution in [0.5, 0.6) is 0 Å². The van der Waals surface area contributed by atoms with Crippen LogP contribution in [0.15, 0.2) is 5.38 Å². The molecule has 0 saturated carbocycles. The largest absolute Gasteiger partial charge is 0.312 e. The van der Waals surface area contributed by atoms with Crippen LogP contribution in [0.25, 0.3) is 0 Å². The molecule has 0 amide bonds. The van der Waals surface area contributed by atoms with Gasteiger partial charge in [0.2, 0.25) is 0 Å². The minimum Gasteiger partial charge on any atom is -0.312 e. The molecule has 0 saturated heterocycles. The zero-order valence-electron chi connectivity index (χ0n) is 12.1. The number of nitrogens with zero attached hydrogens (tertiary/aromatic N) is 2. The zero-order chi connectivity index (χ0) is 14.9. The van der Waals surface area contributed by atoms with Crippen molar-refractivity contribution >= 4 is 34.5 Å². The quantitative estimate of drug-likeness (QED) is 0.880. The molecule has 0 aliphatic heterocycles. The second kappa shape index (κ2) is 6.48. The van der Waals surface area contributed by atoms with E-state index in [-0.39, 0.29) is 6.04 Å². The fraction of sp³-hybridized carbons (Fsp3) is 0.500. The molecular formula is C14H19Cl2N3S. The maximum absolute atomic E-state index is 6.39. The molecule has 2 heterocycles. The molecule has 0 fully saturated rings. The molecule has 0 aromatic carbocycles. The molecule has 110 valence electrons. The Bertz CT molecular complexity index is 604. The first kappa shape index (κ1) is 15.8. The number of halogens is 2. The lowest BCUT2D eigenvalue weighted by molar-refractivity contribution is 0.546. The fourth-order valence-electron chi connectivity index (χ4n) is 2.27. The summed E-state index contributed by atoms with van der Waals surface area (Å²) < 4.78 is 1.97. The second-order valence-corrected chi connectivity index (χ2v) is 6.47. The van der Waals surface area contributed by atoms with Gasteiger partial charge in [0.15, 0.2) is 0 Å². The van der Waals surface area contributed by atoms with Gasteiger partial charge in [-0.25, -0.2) is 0 Å². The van der Waals surface area contributed by atoms with Crippen LogP contribution in [0.3, 0.4) is 0 Å². The van der Waals surface area contributed by atoms with Gasteiger partial charge in [0.25, 0.3) is 0 Å². The highest BCUT2D eigenvalue weighted by atomic mass is 35.5. The summed E-state index contributed by atoms with van der Waals surface area (Å²) in [7, 11) is 1.95. The van der Waals surface area contributed by atoms with E-state index in [0.717, 1.165) is 44.8 Å². The Labute approximate surface area is 133 Å². The molecule has 0 aliphatic rings. The minimum absolute atomic E-state index is 0.153. The number of aryl methyl sites for hydroxylation is 3. The summed E-state index contributed by atoms with van der Waals surface area (Å²) in [5.41, 5.74) is 3.07. The molecule has 0 bridgehead atoms. The second-order valence-electron chi connectivity index (χ2n) is 4.80. The highest BCUT2D eigenvalue weighted by Crippen LogP contribution is 2.35. The minimum atomic E-state index is 0.153. The molecule has 2 rings (SSSR count). The van der Waals surface area contributed by atoms with Crippen molar-refractivity contribution in [3.63, 3.8) is 0 Å². The molecule has 6 heteroatoms. The predicted octanol–water partition coefficient (Wildman–Crippen LogP) is 4.39. The van der Waals surface area contributed by atoms with Crippen LogP contribution in [0, 0.1) is 13.8 Å². The maximum atomic E-state index is 6.39. The van der Waals surface area contributed by atoms with E-state index in [2.05, 4.69) is 22.7 Å². The Kier molecular flexibility index (Phi) is 5.13. The maximum Gasteiger partial charge on any atom is 0.0847 e. The van der Waals surface area contributed by atoms with E-state index in [1.165, 1.54) is 0 Å². The van der Waals surface area contributed by atoms with Gasteiger partial charge in [-0.3, -0.25) is 4.68 Å². The van der Waals surface area contributed by atoms with Crippen LogP contribution < -0.4 is 5.32 Å². The number of aromatic nitrogens is 2. The van der Waals surface area contributed by atoms with Crippen molar-refractivity contribution in [1.82, 2.24) is 15.1 Å². The van der Waals surface area contributed by atoms with Crippen molar-refractivity contribution in [1.29, 1.82) is 0 Å². The van der Waals surface area contributed by atoms with Gasteiger partial charge in [0.1, 0.15) is 0 Å². The Balaban J connectivity index is 2.34. The normalized spacial score (nSPS) is 12.9. The topological polar surface area (TPSA) is 29.9 Å². The van der Waals surface area contributed by atoms with Gasteiger partial charge in [-0.1, -0.05) is 23.2 Å². The van der Waals surface area contributed by atoms with Gasteiger partial charge < -0.3 is 5.32 Å². The van der Waals surface area contributed by atoms with Crippen molar-refractivity contribution in [2.75, 3.05) is 7.05 Å². The molecule has 2 aromatic heterocycles. The van der Waals surface area contributed by atoms with Crippen LogP contribution in [0.1, 0.15) is 34.8 Å². The number of hydrogen-bond donors (Lipinski definition) is 1. The summed E-state index contributed by atoms with van der Waals surface area (Å²) >= 11 is 14.5. The molecule has 0 aliphatic carbocycles. The summed E-state index contributed by atoms with van der Waals surface area (Å²) in [4.78, 5) is 1.16. The number of rotatable bonds is 5. The fourth-order valence-corrected chi connectivity index (χ4v) is 3.92. The van der Waals surface area contributed by atoms with Crippen molar-refractivity contribution in [3.05, 3.63) is 37.3 Å². The zero-order valence-corrected chi connectivity index (χ0v) is 14.5. The first-order chi connectivity index (χ1) is 9.49. The van der Waals surface area contributed by atoms with E-state index in [1.54, 1.807) is 11.3 Å². The van der Waals surface area contributed by atoms with Crippen molar-refractivity contribution < 1.29 is 0 Å². The molecule has 2 aromatic rings. The molecule has 3 nitrogen and oxygen atoms in total. The summed E-state index contributed by atoms with van der Waals surface area (Å²) in [6.45, 7) is 6.86. The third-order valence-electron chi connectivity index (χ3n) is 3.44. The van der Waals surface area contributed by atoms with Crippen LogP contribution in [-0.4, -0.2) is 16.8 Å². The summed E-state index contributed by atoms with van der Waals surface area (Å²) in [6, 6.07) is 0.153. The van der Waals surface area contributed by atoms with E-state index < -0.39 is 0 Å². The van der Waals surface area contributed by atoms with E-state index in [0.29, 0.717) is 0 Å². The predicted molar refractivity (Wildman–Crippen MR) is 87.2 cm³/mol. The van der Waals surface area contributed by atoms with E-state index in [4.69, 9.17) is 23.2 Å². The SMILES string of the molecule is CCn1nc(C)c(Cl)c1CC(NC)c1scc(C)c1Cl. The van der Waals surface area contributed by atoms with Gasteiger partial charge >= 0.3 is 0 Å². The van der Waals surface area contributed by atoms with Crippen molar-refractivity contribution in [2.45, 2.75) is 39.8 Å². The Morgan fingerprint density at radius 1 is 1.35 bits per heavy atom. The van der Waals surface area contributed by atoms with Gasteiger partial charge in [0.05, 0.1) is 21.4 Å². The van der Waals surface area contributed by atoms with Gasteiger partial charge in [-0.05, 0) is 38.8 Å². The molecule has 1 N–H and O–H groups in total. The smallest absolute Gasteiger partial charge is 0.0847 e. The number of hydrogen-bond acceptors (Lipinski definition) is 3. The van der Waals surface area contributed by atoms with Crippen LogP contribution in [0.4, 0.5) is 0 Å². The van der Waals surface area contributed by atoms with Crippen LogP contribution >= 0.6 is 34.5 Å². The Hall–Kier alpha value is -0.550. The Morgan fingerprint density at radius 2 is 2.05 bits per heavy atom. The lowest BCUT2D eigenvalue weighted by Gasteiger charge is -2.16. The third-order valence-corrected chi connectivity index (χ3v) is 5.76. The van der Waals surface area contributed by atoms with E-state index in [1.807, 2.05) is 25.6 Å².